The highest BCUT2D eigenvalue weighted by molar-refractivity contribution is 9.10. The Bertz CT molecular complexity index is 935. The third kappa shape index (κ3) is 4.59. The number of aliphatic imine (C=N–C) groups is 1. The highest BCUT2D eigenvalue weighted by atomic mass is 79.9. The fourth-order valence-electron chi connectivity index (χ4n) is 2.67. The smallest absolute Gasteiger partial charge is 0.191 e. The Morgan fingerprint density at radius 2 is 2.00 bits per heavy atom. The number of imidazole rings is 1. The molecule has 0 radical (unpaired) electrons. The Balaban J connectivity index is 1.61. The van der Waals surface area contributed by atoms with Gasteiger partial charge in [-0.2, -0.15) is 0 Å². The summed E-state index contributed by atoms with van der Waals surface area (Å²) in [4.78, 5) is 10.2. The number of aryl methyl sites for hydroxylation is 1. The summed E-state index contributed by atoms with van der Waals surface area (Å²) in [6.45, 7) is 3.46. The van der Waals surface area contributed by atoms with Gasteiger partial charge in [0.1, 0.15) is 5.65 Å². The molecule has 2 heterocycles. The van der Waals surface area contributed by atoms with Gasteiger partial charge in [0.05, 0.1) is 12.2 Å². The van der Waals surface area contributed by atoms with Crippen molar-refractivity contribution in [3.8, 4) is 0 Å². The second kappa shape index (κ2) is 8.60. The zero-order valence-corrected chi connectivity index (χ0v) is 17.5. The van der Waals surface area contributed by atoms with Gasteiger partial charge in [0.25, 0.3) is 0 Å². The molecule has 136 valence electrons. The van der Waals surface area contributed by atoms with E-state index < -0.39 is 0 Å². The summed E-state index contributed by atoms with van der Waals surface area (Å²) in [7, 11) is 1.78. The lowest BCUT2D eigenvalue weighted by Crippen LogP contribution is -2.36. The number of thioether (sulfide) groups is 1. The van der Waals surface area contributed by atoms with Gasteiger partial charge in [0.15, 0.2) is 5.96 Å². The molecule has 26 heavy (non-hydrogen) atoms. The number of nitrogens with one attached hydrogen (secondary N) is 2. The molecule has 0 fully saturated rings. The number of fused-ring (bicyclic) bond motifs is 1. The van der Waals surface area contributed by atoms with Gasteiger partial charge in [-0.3, -0.25) is 4.99 Å². The molecule has 0 aliphatic rings. The third-order valence-electron chi connectivity index (χ3n) is 4.01. The van der Waals surface area contributed by atoms with E-state index >= 15 is 0 Å². The van der Waals surface area contributed by atoms with Gasteiger partial charge in [-0.25, -0.2) is 4.98 Å². The highest BCUT2D eigenvalue weighted by Crippen LogP contribution is 2.21. The van der Waals surface area contributed by atoms with Crippen molar-refractivity contribution in [1.82, 2.24) is 20.0 Å². The van der Waals surface area contributed by atoms with Crippen LogP contribution in [0.3, 0.4) is 0 Å². The van der Waals surface area contributed by atoms with Gasteiger partial charge in [-0.15, -0.1) is 11.8 Å². The zero-order valence-electron chi connectivity index (χ0n) is 15.1. The van der Waals surface area contributed by atoms with Crippen molar-refractivity contribution in [3.63, 3.8) is 0 Å². The van der Waals surface area contributed by atoms with Crippen molar-refractivity contribution >= 4 is 39.3 Å². The average molecular weight is 432 g/mol. The molecule has 0 spiro atoms. The summed E-state index contributed by atoms with van der Waals surface area (Å²) in [5.74, 6) is 0.760. The normalized spacial score (nSPS) is 11.8. The van der Waals surface area contributed by atoms with Crippen molar-refractivity contribution in [1.29, 1.82) is 0 Å². The van der Waals surface area contributed by atoms with Crippen molar-refractivity contribution in [2.24, 2.45) is 4.99 Å². The van der Waals surface area contributed by atoms with E-state index in [0.29, 0.717) is 6.54 Å². The number of aromatic nitrogens is 2. The van der Waals surface area contributed by atoms with Crippen LogP contribution in [0.4, 0.5) is 0 Å². The standard InChI is InChI=1S/C19H22BrN5S/c1-13-4-5-14(17(8-13)26-3)9-22-19(21-2)23-10-16-12-25-11-15(20)6-7-18(25)24-16/h4-8,11-12H,9-10H2,1-3H3,(H2,21,22,23). The Hall–Kier alpha value is -1.99. The van der Waals surface area contributed by atoms with Crippen LogP contribution in [0.5, 0.6) is 0 Å². The predicted octanol–water partition coefficient (Wildman–Crippen LogP) is 3.99. The molecule has 0 atom stereocenters. The van der Waals surface area contributed by atoms with Gasteiger partial charge in [0.2, 0.25) is 0 Å². The minimum Gasteiger partial charge on any atom is -0.352 e. The Kier molecular flexibility index (Phi) is 6.21. The lowest BCUT2D eigenvalue weighted by molar-refractivity contribution is 0.791. The maximum atomic E-state index is 4.61. The molecule has 0 aliphatic carbocycles. The molecule has 0 aliphatic heterocycles. The molecule has 7 heteroatoms. The van der Waals surface area contributed by atoms with Crippen LogP contribution in [-0.4, -0.2) is 28.6 Å². The average Bonchev–Trinajstić information content (AvgIpc) is 3.04. The van der Waals surface area contributed by atoms with Crippen molar-refractivity contribution in [2.45, 2.75) is 24.9 Å². The molecule has 5 nitrogen and oxygen atoms in total. The monoisotopic (exact) mass is 431 g/mol. The number of hydrogen-bond acceptors (Lipinski definition) is 3. The molecule has 3 rings (SSSR count). The van der Waals surface area contributed by atoms with Gasteiger partial charge in [-0.05, 0) is 58.4 Å². The van der Waals surface area contributed by atoms with E-state index in [1.807, 2.05) is 28.9 Å². The summed E-state index contributed by atoms with van der Waals surface area (Å²) in [6.07, 6.45) is 6.12. The predicted molar refractivity (Wildman–Crippen MR) is 113 cm³/mol. The minimum absolute atomic E-state index is 0.613. The quantitative estimate of drug-likeness (QED) is 0.364. The first-order valence-electron chi connectivity index (χ1n) is 8.30. The summed E-state index contributed by atoms with van der Waals surface area (Å²) in [5.41, 5.74) is 4.44. The van der Waals surface area contributed by atoms with Crippen LogP contribution < -0.4 is 10.6 Å². The number of pyridine rings is 1. The van der Waals surface area contributed by atoms with Crippen molar-refractivity contribution < 1.29 is 0 Å². The summed E-state index contributed by atoms with van der Waals surface area (Å²) in [5, 5.41) is 6.70. The van der Waals surface area contributed by atoms with E-state index in [-0.39, 0.29) is 0 Å². The second-order valence-corrected chi connectivity index (χ2v) is 7.70. The fourth-order valence-corrected chi connectivity index (χ4v) is 3.73. The second-order valence-electron chi connectivity index (χ2n) is 5.94. The Morgan fingerprint density at radius 1 is 1.19 bits per heavy atom. The van der Waals surface area contributed by atoms with E-state index in [0.717, 1.165) is 28.3 Å². The number of hydrogen-bond donors (Lipinski definition) is 2. The van der Waals surface area contributed by atoms with E-state index in [9.17, 15) is 0 Å². The first-order chi connectivity index (χ1) is 12.6. The first kappa shape index (κ1) is 18.8. The largest absolute Gasteiger partial charge is 0.352 e. The molecule has 0 bridgehead atoms. The minimum atomic E-state index is 0.613. The third-order valence-corrected chi connectivity index (χ3v) is 5.30. The first-order valence-corrected chi connectivity index (χ1v) is 10.3. The molecule has 3 aromatic rings. The maximum Gasteiger partial charge on any atom is 0.191 e. The zero-order chi connectivity index (χ0) is 18.5. The van der Waals surface area contributed by atoms with Gasteiger partial charge in [0, 0.05) is 35.4 Å². The van der Waals surface area contributed by atoms with E-state index in [1.165, 1.54) is 16.0 Å². The summed E-state index contributed by atoms with van der Waals surface area (Å²) in [6, 6.07) is 10.5. The van der Waals surface area contributed by atoms with Crippen LogP contribution in [-0.2, 0) is 13.1 Å². The van der Waals surface area contributed by atoms with Crippen LogP contribution in [0.25, 0.3) is 5.65 Å². The van der Waals surface area contributed by atoms with Gasteiger partial charge >= 0.3 is 0 Å². The fraction of sp³-hybridized carbons (Fsp3) is 0.263. The lowest BCUT2D eigenvalue weighted by Gasteiger charge is -2.13. The number of benzene rings is 1. The lowest BCUT2D eigenvalue weighted by atomic mass is 10.1. The van der Waals surface area contributed by atoms with Gasteiger partial charge in [-0.1, -0.05) is 12.1 Å². The summed E-state index contributed by atoms with van der Waals surface area (Å²) >= 11 is 5.24. The molecule has 0 saturated heterocycles. The molecule has 0 saturated carbocycles. The molecular formula is C19H22BrN5S. The van der Waals surface area contributed by atoms with E-state index in [4.69, 9.17) is 0 Å². The topological polar surface area (TPSA) is 53.7 Å². The number of halogens is 1. The van der Waals surface area contributed by atoms with E-state index in [1.54, 1.807) is 18.8 Å². The van der Waals surface area contributed by atoms with Crippen LogP contribution in [0, 0.1) is 6.92 Å². The van der Waals surface area contributed by atoms with Crippen molar-refractivity contribution in [3.05, 3.63) is 64.0 Å². The Labute approximate surface area is 166 Å². The SMILES string of the molecule is CN=C(NCc1cn2cc(Br)ccc2n1)NCc1ccc(C)cc1SC. The van der Waals surface area contributed by atoms with Gasteiger partial charge < -0.3 is 15.0 Å². The molecule has 1 aromatic carbocycles. The van der Waals surface area contributed by atoms with Crippen LogP contribution in [0.2, 0.25) is 0 Å². The number of nitrogens with zero attached hydrogens (tertiary/aromatic N) is 3. The van der Waals surface area contributed by atoms with Crippen molar-refractivity contribution in [2.75, 3.05) is 13.3 Å². The van der Waals surface area contributed by atoms with Crippen LogP contribution in [0.15, 0.2) is 57.1 Å². The molecule has 0 amide bonds. The van der Waals surface area contributed by atoms with E-state index in [2.05, 4.69) is 67.9 Å². The summed E-state index contributed by atoms with van der Waals surface area (Å²) < 4.78 is 3.04. The highest BCUT2D eigenvalue weighted by Gasteiger charge is 2.06. The number of rotatable bonds is 5. The number of guanidine groups is 1. The van der Waals surface area contributed by atoms with Crippen LogP contribution >= 0.6 is 27.7 Å². The van der Waals surface area contributed by atoms with Crippen LogP contribution in [0.1, 0.15) is 16.8 Å². The molecule has 2 N–H and O–H groups in total. The molecule has 0 unspecified atom stereocenters. The Morgan fingerprint density at radius 3 is 2.77 bits per heavy atom. The molecule has 2 aromatic heterocycles. The maximum absolute atomic E-state index is 4.61. The molecular weight excluding hydrogens is 410 g/mol.